The molecule has 4 aliphatic carbocycles. The van der Waals surface area contributed by atoms with E-state index in [-0.39, 0.29) is 41.3 Å². The molecule has 0 aliphatic heterocycles. The lowest BCUT2D eigenvalue weighted by Crippen LogP contribution is -2.62. The van der Waals surface area contributed by atoms with E-state index in [4.69, 9.17) is 5.11 Å². The number of hydrogen-bond donors (Lipinski definition) is 4. The van der Waals surface area contributed by atoms with Gasteiger partial charge in [-0.25, -0.2) is 0 Å². The van der Waals surface area contributed by atoms with Crippen LogP contribution in [-0.2, 0) is 4.79 Å². The van der Waals surface area contributed by atoms with Crippen LogP contribution in [0.5, 0.6) is 0 Å². The molecule has 4 fully saturated rings. The highest BCUT2D eigenvalue weighted by Gasteiger charge is 2.65. The second kappa shape index (κ2) is 7.49. The van der Waals surface area contributed by atoms with Gasteiger partial charge in [0, 0.05) is 6.42 Å². The normalized spacial score (nSPS) is 52.9. The summed E-state index contributed by atoms with van der Waals surface area (Å²) >= 11 is 0. The molecule has 5 nitrogen and oxygen atoms in total. The van der Waals surface area contributed by atoms with Crippen LogP contribution in [0.25, 0.3) is 0 Å². The Hall–Kier alpha value is -0.650. The maximum Gasteiger partial charge on any atom is 0.303 e. The Morgan fingerprint density at radius 3 is 2.45 bits per heavy atom. The summed E-state index contributed by atoms with van der Waals surface area (Å²) in [5.74, 6) is 0.997. The summed E-state index contributed by atoms with van der Waals surface area (Å²) in [7, 11) is 0. The lowest BCUT2D eigenvalue weighted by Gasteiger charge is -2.63. The van der Waals surface area contributed by atoms with Crippen LogP contribution in [0.4, 0.5) is 0 Å². The van der Waals surface area contributed by atoms with Crippen molar-refractivity contribution in [2.75, 3.05) is 0 Å². The molecule has 0 aromatic heterocycles. The molecule has 0 bridgehead atoms. The molecule has 11 atom stereocenters. The highest BCUT2D eigenvalue weighted by atomic mass is 16.4. The highest BCUT2D eigenvalue weighted by Crippen LogP contribution is 2.68. The fraction of sp³-hybridized carbons (Fsp3) is 0.958. The Bertz CT molecular complexity index is 637. The maximum atomic E-state index is 11.5. The Balaban J connectivity index is 1.61. The molecule has 0 spiro atoms. The first-order chi connectivity index (χ1) is 13.6. The van der Waals surface area contributed by atoms with E-state index in [9.17, 15) is 20.1 Å². The molecule has 0 aromatic carbocycles. The maximum absolute atomic E-state index is 11.5. The number of aliphatic hydroxyl groups excluding tert-OH is 3. The summed E-state index contributed by atoms with van der Waals surface area (Å²) in [4.78, 5) is 11.1. The third kappa shape index (κ3) is 3.27. The van der Waals surface area contributed by atoms with E-state index in [1.165, 1.54) is 0 Å². The first-order valence-corrected chi connectivity index (χ1v) is 11.8. The molecule has 5 heteroatoms. The van der Waals surface area contributed by atoms with Gasteiger partial charge in [0.2, 0.25) is 0 Å². The number of rotatable bonds is 4. The second-order valence-corrected chi connectivity index (χ2v) is 11.4. The van der Waals surface area contributed by atoms with Gasteiger partial charge >= 0.3 is 5.97 Å². The summed E-state index contributed by atoms with van der Waals surface area (Å²) in [6.07, 6.45) is 6.00. The third-order valence-electron chi connectivity index (χ3n) is 10.3. The summed E-state index contributed by atoms with van der Waals surface area (Å²) in [6, 6.07) is 0. The first kappa shape index (κ1) is 21.6. The number of carboxylic acid groups (broad SMARTS) is 1. The minimum atomic E-state index is -0.748. The zero-order valence-electron chi connectivity index (χ0n) is 18.3. The Morgan fingerprint density at radius 2 is 1.76 bits per heavy atom. The van der Waals surface area contributed by atoms with E-state index in [0.29, 0.717) is 30.1 Å². The van der Waals surface area contributed by atoms with Gasteiger partial charge in [0.1, 0.15) is 0 Å². The Morgan fingerprint density at radius 1 is 1.03 bits per heavy atom. The molecule has 4 rings (SSSR count). The highest BCUT2D eigenvalue weighted by molar-refractivity contribution is 5.66. The monoisotopic (exact) mass is 408 g/mol. The molecule has 0 amide bonds. The van der Waals surface area contributed by atoms with Gasteiger partial charge in [0.05, 0.1) is 18.3 Å². The van der Waals surface area contributed by atoms with Crippen molar-refractivity contribution >= 4 is 5.97 Å². The van der Waals surface area contributed by atoms with Gasteiger partial charge in [-0.1, -0.05) is 20.8 Å². The van der Waals surface area contributed by atoms with Gasteiger partial charge in [0.15, 0.2) is 0 Å². The number of aliphatic carboxylic acids is 1. The molecule has 4 saturated carbocycles. The molecule has 29 heavy (non-hydrogen) atoms. The number of carbonyl (C=O) groups is 1. The van der Waals surface area contributed by atoms with Gasteiger partial charge in [-0.15, -0.1) is 0 Å². The summed E-state index contributed by atoms with van der Waals surface area (Å²) < 4.78 is 0. The molecule has 4 aliphatic rings. The van der Waals surface area contributed by atoms with Crippen LogP contribution in [0, 0.1) is 46.3 Å². The van der Waals surface area contributed by atoms with E-state index in [2.05, 4.69) is 20.8 Å². The molecule has 4 N–H and O–H groups in total. The van der Waals surface area contributed by atoms with E-state index < -0.39 is 12.1 Å². The molecule has 0 heterocycles. The van der Waals surface area contributed by atoms with Crippen LogP contribution in [0.15, 0.2) is 0 Å². The zero-order chi connectivity index (χ0) is 21.1. The summed E-state index contributed by atoms with van der Waals surface area (Å²) in [5, 5.41) is 42.0. The number of aliphatic hydroxyl groups is 3. The summed E-state index contributed by atoms with van der Waals surface area (Å²) in [5.41, 5.74) is -0.143. The summed E-state index contributed by atoms with van der Waals surface area (Å²) in [6.45, 7) is 6.72. The predicted molar refractivity (Wildman–Crippen MR) is 110 cm³/mol. The number of carboxylic acids is 1. The van der Waals surface area contributed by atoms with Crippen LogP contribution < -0.4 is 0 Å². The largest absolute Gasteiger partial charge is 0.481 e. The van der Waals surface area contributed by atoms with Crippen molar-refractivity contribution < 1.29 is 25.2 Å². The lowest BCUT2D eigenvalue weighted by atomic mass is 9.43. The molecule has 0 aromatic rings. The average Bonchev–Trinajstić information content (AvgIpc) is 3.01. The van der Waals surface area contributed by atoms with E-state index in [1.54, 1.807) is 0 Å². The van der Waals surface area contributed by atoms with Crippen molar-refractivity contribution in [3.8, 4) is 0 Å². The van der Waals surface area contributed by atoms with Crippen LogP contribution >= 0.6 is 0 Å². The predicted octanol–water partition coefficient (Wildman–Crippen LogP) is 3.45. The molecule has 3 unspecified atom stereocenters. The Labute approximate surface area is 174 Å². The SMILES string of the molecule is CC(CCC(=O)O)[C@H]1CC[C@H]2C3C(C[C@H](O)[C@]12C)[C@@]1(C)CC[C@@H](O)C[C@H]1C[C@H]3O. The van der Waals surface area contributed by atoms with Crippen molar-refractivity contribution in [1.82, 2.24) is 0 Å². The standard InChI is InChI=1S/C24H40O5/c1-13(4-7-21(28)29)16-5-6-17-22-18(12-20(27)24(16,17)3)23(2)9-8-15(25)10-14(23)11-19(22)26/h13-20,22,25-27H,4-12H2,1-3H3,(H,28,29)/t13?,14-,15+,16+,17-,18?,19+,20-,22?,23-,24+/m0/s1. The molecule has 166 valence electrons. The minimum absolute atomic E-state index is 0.0957. The van der Waals surface area contributed by atoms with E-state index >= 15 is 0 Å². The van der Waals surface area contributed by atoms with Crippen LogP contribution in [0.1, 0.15) is 78.6 Å². The molecular formula is C24H40O5. The van der Waals surface area contributed by atoms with Gasteiger partial charge < -0.3 is 20.4 Å². The average molecular weight is 409 g/mol. The topological polar surface area (TPSA) is 98.0 Å². The lowest BCUT2D eigenvalue weighted by molar-refractivity contribution is -0.207. The second-order valence-electron chi connectivity index (χ2n) is 11.4. The zero-order valence-corrected chi connectivity index (χ0v) is 18.3. The number of fused-ring (bicyclic) bond motifs is 5. The van der Waals surface area contributed by atoms with Crippen LogP contribution in [0.3, 0.4) is 0 Å². The third-order valence-corrected chi connectivity index (χ3v) is 10.3. The molecule has 0 radical (unpaired) electrons. The smallest absolute Gasteiger partial charge is 0.303 e. The van der Waals surface area contributed by atoms with Crippen molar-refractivity contribution in [3.05, 3.63) is 0 Å². The van der Waals surface area contributed by atoms with Crippen LogP contribution in [0.2, 0.25) is 0 Å². The fourth-order valence-electron chi connectivity index (χ4n) is 8.68. The minimum Gasteiger partial charge on any atom is -0.481 e. The van der Waals surface area contributed by atoms with Gasteiger partial charge in [-0.05, 0) is 97.7 Å². The van der Waals surface area contributed by atoms with Gasteiger partial charge in [-0.3, -0.25) is 4.79 Å². The molecule has 0 saturated heterocycles. The van der Waals surface area contributed by atoms with Crippen molar-refractivity contribution in [1.29, 1.82) is 0 Å². The van der Waals surface area contributed by atoms with E-state index in [0.717, 1.165) is 44.9 Å². The quantitative estimate of drug-likeness (QED) is 0.571. The van der Waals surface area contributed by atoms with Gasteiger partial charge in [-0.2, -0.15) is 0 Å². The Kier molecular flexibility index (Phi) is 5.57. The number of hydrogen-bond acceptors (Lipinski definition) is 4. The fourth-order valence-corrected chi connectivity index (χ4v) is 8.68. The van der Waals surface area contributed by atoms with Crippen molar-refractivity contribution in [2.24, 2.45) is 46.3 Å². The van der Waals surface area contributed by atoms with Gasteiger partial charge in [0.25, 0.3) is 0 Å². The van der Waals surface area contributed by atoms with Crippen LogP contribution in [-0.4, -0.2) is 44.7 Å². The van der Waals surface area contributed by atoms with E-state index in [1.807, 2.05) is 0 Å². The van der Waals surface area contributed by atoms with Crippen molar-refractivity contribution in [3.63, 3.8) is 0 Å². The first-order valence-electron chi connectivity index (χ1n) is 11.8. The van der Waals surface area contributed by atoms with Crippen molar-refractivity contribution in [2.45, 2.75) is 96.9 Å². The molecular weight excluding hydrogens is 368 g/mol.